The highest BCUT2D eigenvalue weighted by Crippen LogP contribution is 2.28. The third-order valence-electron chi connectivity index (χ3n) is 5.53. The normalized spacial score (nSPS) is 13.6. The first-order chi connectivity index (χ1) is 15.9. The lowest BCUT2D eigenvalue weighted by atomic mass is 10.1. The van der Waals surface area contributed by atoms with Crippen molar-refractivity contribution < 1.29 is 27.1 Å². The first-order valence-corrected chi connectivity index (χ1v) is 10.7. The summed E-state index contributed by atoms with van der Waals surface area (Å²) in [6.45, 7) is -0.0696. The number of alkyl halides is 2. The first-order valence-electron chi connectivity index (χ1n) is 10.7. The van der Waals surface area contributed by atoms with Gasteiger partial charge in [-0.05, 0) is 37.1 Å². The number of ether oxygens (including phenoxy) is 1. The summed E-state index contributed by atoms with van der Waals surface area (Å²) in [4.78, 5) is 18.7. The zero-order valence-corrected chi connectivity index (χ0v) is 17.7. The molecule has 0 bridgehead atoms. The summed E-state index contributed by atoms with van der Waals surface area (Å²) in [5, 5.41) is 3.28. The average Bonchev–Trinajstić information content (AvgIpc) is 3.63. The maximum absolute atomic E-state index is 13.9. The molecule has 0 atom stereocenters. The van der Waals surface area contributed by atoms with Gasteiger partial charge in [-0.25, -0.2) is 17.6 Å². The number of nitrogens with zero attached hydrogens (tertiary/aromatic N) is 2. The number of hydrogen-bond acceptors (Lipinski definition) is 4. The number of hydrogen-bond donors (Lipinski definition) is 1. The summed E-state index contributed by atoms with van der Waals surface area (Å²) in [6, 6.07) is 10.2. The van der Waals surface area contributed by atoms with Crippen molar-refractivity contribution in [3.63, 3.8) is 0 Å². The number of amides is 1. The quantitative estimate of drug-likeness (QED) is 0.450. The molecule has 33 heavy (non-hydrogen) atoms. The number of carbonyl (C=O) groups is 1. The zero-order chi connectivity index (χ0) is 23.4. The van der Waals surface area contributed by atoms with E-state index in [1.54, 1.807) is 29.2 Å². The molecule has 1 aliphatic rings. The Balaban J connectivity index is 1.46. The van der Waals surface area contributed by atoms with Crippen LogP contribution in [0.1, 0.15) is 28.8 Å². The van der Waals surface area contributed by atoms with Crippen LogP contribution in [0.4, 0.5) is 17.6 Å². The van der Waals surface area contributed by atoms with Crippen LogP contribution < -0.4 is 10.1 Å². The number of nitrogens with one attached hydrogen (secondary N) is 1. The maximum Gasteiger partial charge on any atom is 0.252 e. The Morgan fingerprint density at radius 1 is 1.12 bits per heavy atom. The van der Waals surface area contributed by atoms with Gasteiger partial charge in [-0.3, -0.25) is 14.7 Å². The van der Waals surface area contributed by atoms with Crippen molar-refractivity contribution >= 4 is 16.8 Å². The molecule has 1 aromatic heterocycles. The third-order valence-corrected chi connectivity index (χ3v) is 5.53. The smallest absolute Gasteiger partial charge is 0.252 e. The minimum Gasteiger partial charge on any atom is -0.486 e. The molecule has 3 aromatic rings. The Morgan fingerprint density at radius 2 is 1.85 bits per heavy atom. The Hall–Kier alpha value is -3.20. The molecular formula is C24H23F4N3O2. The fourth-order valence-electron chi connectivity index (χ4n) is 3.73. The van der Waals surface area contributed by atoms with Gasteiger partial charge in [0.05, 0.1) is 17.7 Å². The van der Waals surface area contributed by atoms with Gasteiger partial charge in [0.2, 0.25) is 0 Å². The van der Waals surface area contributed by atoms with Gasteiger partial charge in [0.25, 0.3) is 12.3 Å². The molecule has 1 N–H and O–H groups in total. The second-order valence-electron chi connectivity index (χ2n) is 7.87. The van der Waals surface area contributed by atoms with Crippen LogP contribution in [0.2, 0.25) is 0 Å². The van der Waals surface area contributed by atoms with Crippen LogP contribution >= 0.6 is 0 Å². The molecule has 4 rings (SSSR count). The summed E-state index contributed by atoms with van der Waals surface area (Å²) in [5.41, 5.74) is 0.515. The predicted molar refractivity (Wildman–Crippen MR) is 115 cm³/mol. The van der Waals surface area contributed by atoms with Crippen molar-refractivity contribution in [2.75, 3.05) is 19.6 Å². The van der Waals surface area contributed by atoms with E-state index < -0.39 is 18.1 Å². The SMILES string of the molecule is O=C(NCCN(CC(F)F)C1CC1)c1ccnc2c(OCc3c(F)cccc3F)cccc12. The van der Waals surface area contributed by atoms with Crippen LogP contribution in [-0.4, -0.2) is 47.9 Å². The van der Waals surface area contributed by atoms with Gasteiger partial charge >= 0.3 is 0 Å². The number of fused-ring (bicyclic) bond motifs is 1. The predicted octanol–water partition coefficient (Wildman–Crippen LogP) is 4.55. The van der Waals surface area contributed by atoms with Crippen LogP contribution in [0.25, 0.3) is 10.9 Å². The van der Waals surface area contributed by atoms with E-state index in [1.165, 1.54) is 12.3 Å². The van der Waals surface area contributed by atoms with Crippen molar-refractivity contribution in [2.24, 2.45) is 0 Å². The lowest BCUT2D eigenvalue weighted by Crippen LogP contribution is -2.38. The van der Waals surface area contributed by atoms with Crippen molar-refractivity contribution in [2.45, 2.75) is 31.9 Å². The van der Waals surface area contributed by atoms with Gasteiger partial charge in [-0.1, -0.05) is 18.2 Å². The summed E-state index contributed by atoms with van der Waals surface area (Å²) in [5.74, 6) is -1.51. The van der Waals surface area contributed by atoms with Gasteiger partial charge < -0.3 is 10.1 Å². The molecule has 1 aliphatic carbocycles. The van der Waals surface area contributed by atoms with Crippen LogP contribution in [-0.2, 0) is 6.61 Å². The number of para-hydroxylation sites is 1. The molecule has 5 nitrogen and oxygen atoms in total. The van der Waals surface area contributed by atoms with E-state index in [2.05, 4.69) is 10.3 Å². The van der Waals surface area contributed by atoms with E-state index >= 15 is 0 Å². The van der Waals surface area contributed by atoms with Gasteiger partial charge in [0, 0.05) is 30.7 Å². The van der Waals surface area contributed by atoms with Crippen molar-refractivity contribution in [1.29, 1.82) is 0 Å². The summed E-state index contributed by atoms with van der Waals surface area (Å²) in [6.07, 6.45) is 0.826. The molecule has 1 saturated carbocycles. The van der Waals surface area contributed by atoms with Crippen LogP contribution in [0.15, 0.2) is 48.7 Å². The van der Waals surface area contributed by atoms with E-state index in [4.69, 9.17) is 4.74 Å². The van der Waals surface area contributed by atoms with E-state index in [0.29, 0.717) is 23.0 Å². The van der Waals surface area contributed by atoms with Gasteiger partial charge in [0.1, 0.15) is 29.5 Å². The Kier molecular flexibility index (Phi) is 7.08. The molecule has 1 amide bonds. The number of benzene rings is 2. The lowest BCUT2D eigenvalue weighted by molar-refractivity contribution is 0.0823. The standard InChI is InChI=1S/C24H23F4N3O2/c25-19-4-2-5-20(26)18(19)14-33-21-6-1-3-16-17(9-10-29-23(16)21)24(32)30-11-12-31(13-22(27)28)15-7-8-15/h1-6,9-10,15,22H,7-8,11-14H2,(H,30,32). The van der Waals surface area contributed by atoms with Crippen molar-refractivity contribution in [3.05, 3.63) is 71.4 Å². The molecule has 174 valence electrons. The minimum atomic E-state index is -2.42. The average molecular weight is 461 g/mol. The van der Waals surface area contributed by atoms with Gasteiger partial charge in [-0.2, -0.15) is 0 Å². The molecule has 0 radical (unpaired) electrons. The zero-order valence-electron chi connectivity index (χ0n) is 17.7. The Bertz CT molecular complexity index is 1120. The molecule has 0 unspecified atom stereocenters. The maximum atomic E-state index is 13.9. The molecular weight excluding hydrogens is 438 g/mol. The summed E-state index contributed by atoms with van der Waals surface area (Å²) in [7, 11) is 0. The Morgan fingerprint density at radius 3 is 2.55 bits per heavy atom. The van der Waals surface area contributed by atoms with Gasteiger partial charge in [0.15, 0.2) is 0 Å². The van der Waals surface area contributed by atoms with Crippen molar-refractivity contribution in [3.8, 4) is 5.75 Å². The Labute approximate surface area is 188 Å². The molecule has 9 heteroatoms. The van der Waals surface area contributed by atoms with Crippen LogP contribution in [0.5, 0.6) is 5.75 Å². The van der Waals surface area contributed by atoms with E-state index in [1.807, 2.05) is 0 Å². The van der Waals surface area contributed by atoms with Crippen LogP contribution in [0.3, 0.4) is 0 Å². The molecule has 0 spiro atoms. The van der Waals surface area contributed by atoms with E-state index in [0.717, 1.165) is 25.0 Å². The molecule has 0 saturated heterocycles. The molecule has 1 fully saturated rings. The number of carbonyl (C=O) groups excluding carboxylic acids is 1. The fourth-order valence-corrected chi connectivity index (χ4v) is 3.73. The largest absolute Gasteiger partial charge is 0.486 e. The molecule has 0 aliphatic heterocycles. The lowest BCUT2D eigenvalue weighted by Gasteiger charge is -2.21. The highest BCUT2D eigenvalue weighted by Gasteiger charge is 2.30. The van der Waals surface area contributed by atoms with Crippen molar-refractivity contribution in [1.82, 2.24) is 15.2 Å². The molecule has 1 heterocycles. The monoisotopic (exact) mass is 461 g/mol. The number of rotatable bonds is 10. The van der Waals surface area contributed by atoms with Crippen LogP contribution in [0, 0.1) is 11.6 Å². The first kappa shape index (κ1) is 23.0. The number of pyridine rings is 1. The number of halogens is 4. The highest BCUT2D eigenvalue weighted by atomic mass is 19.3. The third kappa shape index (κ3) is 5.60. The topological polar surface area (TPSA) is 54.5 Å². The van der Waals surface area contributed by atoms with E-state index in [-0.39, 0.29) is 43.0 Å². The number of aromatic nitrogens is 1. The second kappa shape index (κ2) is 10.2. The summed E-state index contributed by atoms with van der Waals surface area (Å²) < 4.78 is 59.0. The molecule has 2 aromatic carbocycles. The summed E-state index contributed by atoms with van der Waals surface area (Å²) >= 11 is 0. The highest BCUT2D eigenvalue weighted by molar-refractivity contribution is 6.07. The van der Waals surface area contributed by atoms with E-state index in [9.17, 15) is 22.4 Å². The van der Waals surface area contributed by atoms with Gasteiger partial charge in [-0.15, -0.1) is 0 Å². The second-order valence-corrected chi connectivity index (χ2v) is 7.87. The fraction of sp³-hybridized carbons (Fsp3) is 0.333. The minimum absolute atomic E-state index is 0.164.